The topological polar surface area (TPSA) is 38.1 Å². The van der Waals surface area contributed by atoms with E-state index in [1.807, 2.05) is 66.4 Å². The molecule has 0 spiro atoms. The number of imidazole rings is 1. The Hall–Kier alpha value is -2.82. The van der Waals surface area contributed by atoms with E-state index in [4.69, 9.17) is 28.2 Å². The van der Waals surface area contributed by atoms with E-state index in [0.29, 0.717) is 29.6 Å². The summed E-state index contributed by atoms with van der Waals surface area (Å²) in [5, 5.41) is 1.24. The van der Waals surface area contributed by atoms with Crippen molar-refractivity contribution < 1.29 is 4.79 Å². The van der Waals surface area contributed by atoms with Gasteiger partial charge in [0.05, 0.1) is 17.6 Å². The quantitative estimate of drug-likeness (QED) is 0.370. The second kappa shape index (κ2) is 8.03. The Bertz CT molecular complexity index is 1300. The van der Waals surface area contributed by atoms with Crippen molar-refractivity contribution in [3.63, 3.8) is 0 Å². The highest BCUT2D eigenvalue weighted by Gasteiger charge is 2.35. The van der Waals surface area contributed by atoms with E-state index in [9.17, 15) is 4.79 Å². The molecule has 2 heterocycles. The molecule has 6 heteroatoms. The summed E-state index contributed by atoms with van der Waals surface area (Å²) in [6.45, 7) is 3.22. The van der Waals surface area contributed by atoms with Gasteiger partial charge in [-0.05, 0) is 48.4 Å². The number of aromatic nitrogens is 2. The standard InChI is InChI=1S/C25H21Cl2N3O/c1-16-6-2-4-8-22(16)29-15-18(12-24(29)31)25-28-21-7-3-5-9-23(21)30(25)14-17-10-11-19(26)13-20(17)27/h2-11,13,18H,12,14-15H2,1H3/t18-/m1/s1. The Labute approximate surface area is 191 Å². The van der Waals surface area contributed by atoms with Crippen LogP contribution in [-0.4, -0.2) is 22.0 Å². The fraction of sp³-hybridized carbons (Fsp3) is 0.200. The normalized spacial score (nSPS) is 16.4. The number of halogens is 2. The molecule has 0 N–H and O–H groups in total. The Morgan fingerprint density at radius 2 is 1.81 bits per heavy atom. The molecule has 0 saturated carbocycles. The minimum Gasteiger partial charge on any atom is -0.323 e. The Morgan fingerprint density at radius 3 is 2.61 bits per heavy atom. The number of hydrogen-bond donors (Lipinski definition) is 0. The van der Waals surface area contributed by atoms with Crippen molar-refractivity contribution in [1.29, 1.82) is 0 Å². The van der Waals surface area contributed by atoms with Crippen molar-refractivity contribution >= 4 is 45.8 Å². The van der Waals surface area contributed by atoms with Crippen LogP contribution in [0.15, 0.2) is 66.7 Å². The van der Waals surface area contributed by atoms with Crippen molar-refractivity contribution in [2.75, 3.05) is 11.4 Å². The highest BCUT2D eigenvalue weighted by molar-refractivity contribution is 6.35. The van der Waals surface area contributed by atoms with Crippen LogP contribution in [-0.2, 0) is 11.3 Å². The van der Waals surface area contributed by atoms with Gasteiger partial charge in [0.1, 0.15) is 5.82 Å². The number of nitrogens with zero attached hydrogens (tertiary/aromatic N) is 3. The highest BCUT2D eigenvalue weighted by atomic mass is 35.5. The Balaban J connectivity index is 1.55. The lowest BCUT2D eigenvalue weighted by Gasteiger charge is -2.19. The van der Waals surface area contributed by atoms with Gasteiger partial charge in [-0.15, -0.1) is 0 Å². The van der Waals surface area contributed by atoms with E-state index >= 15 is 0 Å². The van der Waals surface area contributed by atoms with Gasteiger partial charge in [-0.2, -0.15) is 0 Å². The lowest BCUT2D eigenvalue weighted by atomic mass is 10.1. The third-order valence-corrected chi connectivity index (χ3v) is 6.51. The van der Waals surface area contributed by atoms with Crippen molar-refractivity contribution in [3.05, 3.63) is 93.7 Å². The van der Waals surface area contributed by atoms with Gasteiger partial charge in [0.25, 0.3) is 0 Å². The van der Waals surface area contributed by atoms with Crippen LogP contribution < -0.4 is 4.90 Å². The largest absolute Gasteiger partial charge is 0.323 e. The van der Waals surface area contributed by atoms with Crippen molar-refractivity contribution in [2.24, 2.45) is 0 Å². The summed E-state index contributed by atoms with van der Waals surface area (Å²) in [6.07, 6.45) is 0.437. The number of para-hydroxylation sites is 3. The predicted molar refractivity (Wildman–Crippen MR) is 126 cm³/mol. The molecule has 1 aliphatic heterocycles. The first kappa shape index (κ1) is 20.1. The maximum atomic E-state index is 12.9. The number of carbonyl (C=O) groups excluding carboxylic acids is 1. The van der Waals surface area contributed by atoms with Crippen LogP contribution in [0.4, 0.5) is 5.69 Å². The summed E-state index contributed by atoms with van der Waals surface area (Å²) in [6, 6.07) is 21.6. The van der Waals surface area contributed by atoms with Crippen LogP contribution in [0.25, 0.3) is 11.0 Å². The third kappa shape index (κ3) is 3.71. The van der Waals surface area contributed by atoms with Gasteiger partial charge in [0.15, 0.2) is 0 Å². The molecule has 3 aromatic carbocycles. The Morgan fingerprint density at radius 1 is 1.03 bits per heavy atom. The molecule has 0 bridgehead atoms. The minimum atomic E-state index is 0.00517. The van der Waals surface area contributed by atoms with Crippen LogP contribution in [0.3, 0.4) is 0 Å². The zero-order chi connectivity index (χ0) is 21.5. The minimum absolute atomic E-state index is 0.00517. The number of anilines is 1. The van der Waals surface area contributed by atoms with Gasteiger partial charge < -0.3 is 9.47 Å². The van der Waals surface area contributed by atoms with Crippen molar-refractivity contribution in [3.8, 4) is 0 Å². The molecule has 1 saturated heterocycles. The molecule has 4 aromatic rings. The molecule has 1 aliphatic rings. The predicted octanol–water partition coefficient (Wildman–Crippen LogP) is 6.22. The van der Waals surface area contributed by atoms with Crippen LogP contribution in [0, 0.1) is 6.92 Å². The SMILES string of the molecule is Cc1ccccc1N1C[C@H](c2nc3ccccc3n2Cc2ccc(Cl)cc2Cl)CC1=O. The number of fused-ring (bicyclic) bond motifs is 1. The van der Waals surface area contributed by atoms with Crippen LogP contribution >= 0.6 is 23.2 Å². The zero-order valence-electron chi connectivity index (χ0n) is 17.1. The van der Waals surface area contributed by atoms with E-state index in [2.05, 4.69) is 10.6 Å². The molecule has 1 amide bonds. The summed E-state index contributed by atoms with van der Waals surface area (Å²) < 4.78 is 2.18. The Kier molecular flexibility index (Phi) is 5.20. The molecule has 1 atom stereocenters. The molecule has 31 heavy (non-hydrogen) atoms. The first-order chi connectivity index (χ1) is 15.0. The molecule has 4 nitrogen and oxygen atoms in total. The lowest BCUT2D eigenvalue weighted by Crippen LogP contribution is -2.25. The first-order valence-corrected chi connectivity index (χ1v) is 11.0. The number of hydrogen-bond acceptors (Lipinski definition) is 2. The average molecular weight is 450 g/mol. The van der Waals surface area contributed by atoms with Gasteiger partial charge in [-0.25, -0.2) is 4.98 Å². The van der Waals surface area contributed by atoms with Gasteiger partial charge >= 0.3 is 0 Å². The van der Waals surface area contributed by atoms with E-state index in [0.717, 1.165) is 33.7 Å². The monoisotopic (exact) mass is 449 g/mol. The van der Waals surface area contributed by atoms with E-state index < -0.39 is 0 Å². The molecule has 5 rings (SSSR count). The summed E-state index contributed by atoms with van der Waals surface area (Å²) in [4.78, 5) is 19.8. The van der Waals surface area contributed by atoms with Crippen LogP contribution in [0.2, 0.25) is 10.0 Å². The van der Waals surface area contributed by atoms with Crippen LogP contribution in [0.5, 0.6) is 0 Å². The number of benzene rings is 3. The van der Waals surface area contributed by atoms with Gasteiger partial charge in [0, 0.05) is 34.6 Å². The number of amides is 1. The fourth-order valence-corrected chi connectivity index (χ4v) is 4.84. The molecule has 156 valence electrons. The average Bonchev–Trinajstić information content (AvgIpc) is 3.31. The smallest absolute Gasteiger partial charge is 0.227 e. The van der Waals surface area contributed by atoms with E-state index in [-0.39, 0.29) is 11.8 Å². The summed E-state index contributed by atoms with van der Waals surface area (Å²) in [5.41, 5.74) is 4.99. The summed E-state index contributed by atoms with van der Waals surface area (Å²) >= 11 is 12.6. The summed E-state index contributed by atoms with van der Waals surface area (Å²) in [7, 11) is 0. The molecule has 0 radical (unpaired) electrons. The van der Waals surface area contributed by atoms with Crippen molar-refractivity contribution in [2.45, 2.75) is 25.8 Å². The molecule has 1 aromatic heterocycles. The second-order valence-electron chi connectivity index (χ2n) is 7.97. The zero-order valence-corrected chi connectivity index (χ0v) is 18.6. The fourth-order valence-electron chi connectivity index (χ4n) is 4.37. The van der Waals surface area contributed by atoms with Crippen molar-refractivity contribution in [1.82, 2.24) is 9.55 Å². The van der Waals surface area contributed by atoms with Gasteiger partial charge in [-0.1, -0.05) is 59.6 Å². The maximum absolute atomic E-state index is 12.9. The highest BCUT2D eigenvalue weighted by Crippen LogP contribution is 2.35. The van der Waals surface area contributed by atoms with E-state index in [1.165, 1.54) is 0 Å². The number of aryl methyl sites for hydroxylation is 1. The first-order valence-electron chi connectivity index (χ1n) is 10.3. The molecular formula is C25H21Cl2N3O. The van der Waals surface area contributed by atoms with E-state index in [1.54, 1.807) is 6.07 Å². The number of rotatable bonds is 4. The molecule has 1 fully saturated rings. The summed E-state index contributed by atoms with van der Waals surface area (Å²) in [5.74, 6) is 1.05. The van der Waals surface area contributed by atoms with Gasteiger partial charge in [0.2, 0.25) is 5.91 Å². The van der Waals surface area contributed by atoms with Crippen LogP contribution in [0.1, 0.15) is 29.3 Å². The lowest BCUT2D eigenvalue weighted by molar-refractivity contribution is -0.117. The van der Waals surface area contributed by atoms with Gasteiger partial charge in [-0.3, -0.25) is 4.79 Å². The third-order valence-electron chi connectivity index (χ3n) is 5.92. The molecule has 0 aliphatic carbocycles. The second-order valence-corrected chi connectivity index (χ2v) is 8.82. The maximum Gasteiger partial charge on any atom is 0.227 e. The number of carbonyl (C=O) groups is 1. The molecule has 0 unspecified atom stereocenters. The molecular weight excluding hydrogens is 429 g/mol.